The largest absolute Gasteiger partial charge is 0.444 e. The van der Waals surface area contributed by atoms with Crippen LogP contribution < -0.4 is 5.32 Å². The molecule has 1 aromatic carbocycles. The molecule has 4 rings (SSSR count). The molecule has 34 heavy (non-hydrogen) atoms. The van der Waals surface area contributed by atoms with Crippen LogP contribution in [0, 0.1) is 6.92 Å². The number of likely N-dealkylation sites (tertiary alicyclic amines) is 1. The molecule has 0 bridgehead atoms. The second-order valence-corrected chi connectivity index (χ2v) is 10.3. The van der Waals surface area contributed by atoms with Gasteiger partial charge in [0.15, 0.2) is 5.69 Å². The standard InChI is InChI=1S/C27H35N3O4/c1-18-16-24(29-34-18)25(31)28-23-11-10-21(17-22(23)20-8-6-5-7-9-20)19-12-14-30(15-13-19)26(32)33-27(2,3)4/h8,10-11,16-17,19H,5-7,9,12-15H2,1-4H3,(H,28,31). The van der Waals surface area contributed by atoms with Gasteiger partial charge in [0.05, 0.1) is 0 Å². The average molecular weight is 466 g/mol. The van der Waals surface area contributed by atoms with E-state index in [1.165, 1.54) is 17.6 Å². The highest BCUT2D eigenvalue weighted by Crippen LogP contribution is 2.36. The first-order valence-corrected chi connectivity index (χ1v) is 12.3. The van der Waals surface area contributed by atoms with Crippen molar-refractivity contribution in [2.75, 3.05) is 18.4 Å². The van der Waals surface area contributed by atoms with Gasteiger partial charge >= 0.3 is 6.09 Å². The van der Waals surface area contributed by atoms with Gasteiger partial charge in [0, 0.05) is 30.4 Å². The number of nitrogens with zero attached hydrogens (tertiary/aromatic N) is 2. The summed E-state index contributed by atoms with van der Waals surface area (Å²) in [6.45, 7) is 8.81. The van der Waals surface area contributed by atoms with Gasteiger partial charge in [0.2, 0.25) is 0 Å². The molecule has 7 nitrogen and oxygen atoms in total. The summed E-state index contributed by atoms with van der Waals surface area (Å²) in [5, 5.41) is 6.88. The summed E-state index contributed by atoms with van der Waals surface area (Å²) in [7, 11) is 0. The number of aromatic nitrogens is 1. The summed E-state index contributed by atoms with van der Waals surface area (Å²) in [6.07, 6.45) is 8.26. The fourth-order valence-corrected chi connectivity index (χ4v) is 4.65. The Morgan fingerprint density at radius 3 is 2.53 bits per heavy atom. The summed E-state index contributed by atoms with van der Waals surface area (Å²) in [6, 6.07) is 7.98. The van der Waals surface area contributed by atoms with Crippen LogP contribution in [0.4, 0.5) is 10.5 Å². The fraction of sp³-hybridized carbons (Fsp3) is 0.519. The number of allylic oxidation sites excluding steroid dienone is 2. The summed E-state index contributed by atoms with van der Waals surface area (Å²) in [5.74, 6) is 0.700. The van der Waals surface area contributed by atoms with Gasteiger partial charge in [-0.2, -0.15) is 0 Å². The molecule has 182 valence electrons. The van der Waals surface area contributed by atoms with Gasteiger partial charge < -0.3 is 19.5 Å². The number of ether oxygens (including phenoxy) is 1. The van der Waals surface area contributed by atoms with Crippen molar-refractivity contribution in [2.24, 2.45) is 0 Å². The minimum absolute atomic E-state index is 0.236. The zero-order valence-corrected chi connectivity index (χ0v) is 20.6. The second kappa shape index (κ2) is 10.0. The number of anilines is 1. The number of aryl methyl sites for hydroxylation is 1. The first-order valence-electron chi connectivity index (χ1n) is 12.3. The lowest BCUT2D eigenvalue weighted by Gasteiger charge is -2.34. The third-order valence-corrected chi connectivity index (χ3v) is 6.41. The number of carbonyl (C=O) groups excluding carboxylic acids is 2. The van der Waals surface area contributed by atoms with Gasteiger partial charge in [-0.25, -0.2) is 4.79 Å². The first kappa shape index (κ1) is 24.0. The lowest BCUT2D eigenvalue weighted by molar-refractivity contribution is 0.0204. The van der Waals surface area contributed by atoms with Crippen molar-refractivity contribution >= 4 is 23.3 Å². The van der Waals surface area contributed by atoms with Gasteiger partial charge in [-0.1, -0.05) is 17.3 Å². The number of piperidine rings is 1. The molecule has 2 amide bonds. The van der Waals surface area contributed by atoms with E-state index in [0.717, 1.165) is 43.4 Å². The number of hydrogen-bond donors (Lipinski definition) is 1. The van der Waals surface area contributed by atoms with Crippen LogP contribution in [0.5, 0.6) is 0 Å². The Labute approximate surface area is 201 Å². The normalized spacial score (nSPS) is 17.3. The maximum Gasteiger partial charge on any atom is 0.410 e. The van der Waals surface area contributed by atoms with E-state index in [1.54, 1.807) is 17.9 Å². The predicted molar refractivity (Wildman–Crippen MR) is 132 cm³/mol. The summed E-state index contributed by atoms with van der Waals surface area (Å²) in [5.41, 5.74) is 4.21. The quantitative estimate of drug-likeness (QED) is 0.572. The van der Waals surface area contributed by atoms with Crippen LogP contribution in [0.1, 0.15) is 92.6 Å². The van der Waals surface area contributed by atoms with E-state index in [2.05, 4.69) is 28.7 Å². The highest BCUT2D eigenvalue weighted by molar-refractivity contribution is 6.04. The van der Waals surface area contributed by atoms with Crippen LogP contribution in [0.25, 0.3) is 5.57 Å². The Balaban J connectivity index is 1.51. The second-order valence-electron chi connectivity index (χ2n) is 10.3. The molecule has 1 aliphatic carbocycles. The third kappa shape index (κ3) is 5.88. The number of hydrogen-bond acceptors (Lipinski definition) is 5. The van der Waals surface area contributed by atoms with Crippen molar-refractivity contribution in [2.45, 2.75) is 77.7 Å². The molecule has 1 N–H and O–H groups in total. The minimum Gasteiger partial charge on any atom is -0.444 e. The molecule has 0 spiro atoms. The molecule has 0 atom stereocenters. The van der Waals surface area contributed by atoms with Crippen LogP contribution >= 0.6 is 0 Å². The van der Waals surface area contributed by atoms with E-state index < -0.39 is 5.60 Å². The lowest BCUT2D eigenvalue weighted by atomic mass is 9.85. The number of benzene rings is 1. The third-order valence-electron chi connectivity index (χ3n) is 6.41. The molecule has 2 heterocycles. The van der Waals surface area contributed by atoms with Crippen LogP contribution in [-0.4, -0.2) is 40.7 Å². The molecule has 7 heteroatoms. The topological polar surface area (TPSA) is 84.7 Å². The van der Waals surface area contributed by atoms with Gasteiger partial charge in [-0.15, -0.1) is 0 Å². The molecule has 1 aromatic heterocycles. The molecule has 0 radical (unpaired) electrons. The van der Waals surface area contributed by atoms with Crippen molar-refractivity contribution in [3.63, 3.8) is 0 Å². The van der Waals surface area contributed by atoms with Crippen molar-refractivity contribution < 1.29 is 18.8 Å². The Hall–Kier alpha value is -3.09. The molecular weight excluding hydrogens is 430 g/mol. The van der Waals surface area contributed by atoms with Gasteiger partial charge in [0.25, 0.3) is 5.91 Å². The van der Waals surface area contributed by atoms with Crippen molar-refractivity contribution in [3.8, 4) is 0 Å². The number of rotatable bonds is 4. The zero-order chi connectivity index (χ0) is 24.3. The van der Waals surface area contributed by atoms with Crippen molar-refractivity contribution in [3.05, 3.63) is 52.9 Å². The molecule has 1 saturated heterocycles. The molecule has 0 unspecified atom stereocenters. The Bertz CT molecular complexity index is 1070. The lowest BCUT2D eigenvalue weighted by Crippen LogP contribution is -2.41. The molecular formula is C27H35N3O4. The van der Waals surface area contributed by atoms with Gasteiger partial charge in [0.1, 0.15) is 11.4 Å². The molecule has 2 aliphatic rings. The van der Waals surface area contributed by atoms with Gasteiger partial charge in [-0.3, -0.25) is 4.79 Å². The first-order chi connectivity index (χ1) is 16.2. The summed E-state index contributed by atoms with van der Waals surface area (Å²) in [4.78, 5) is 27.0. The maximum absolute atomic E-state index is 12.7. The number of nitrogens with one attached hydrogen (secondary N) is 1. The van der Waals surface area contributed by atoms with E-state index >= 15 is 0 Å². The SMILES string of the molecule is Cc1cc(C(=O)Nc2ccc(C3CCN(C(=O)OC(C)(C)C)CC3)cc2C2=CCCCC2)no1. The van der Waals surface area contributed by atoms with Crippen molar-refractivity contribution in [1.82, 2.24) is 10.1 Å². The fourth-order valence-electron chi connectivity index (χ4n) is 4.65. The van der Waals surface area contributed by atoms with Crippen LogP contribution in [-0.2, 0) is 4.74 Å². The Morgan fingerprint density at radius 2 is 1.91 bits per heavy atom. The Kier molecular flexibility index (Phi) is 7.10. The van der Waals surface area contributed by atoms with Crippen LogP contribution in [0.2, 0.25) is 0 Å². The highest BCUT2D eigenvalue weighted by atomic mass is 16.6. The molecule has 1 fully saturated rings. The Morgan fingerprint density at radius 1 is 1.15 bits per heavy atom. The van der Waals surface area contributed by atoms with E-state index in [1.807, 2.05) is 26.8 Å². The summed E-state index contributed by atoms with van der Waals surface area (Å²) < 4.78 is 10.6. The smallest absolute Gasteiger partial charge is 0.410 e. The predicted octanol–water partition coefficient (Wildman–Crippen LogP) is 6.31. The molecule has 2 aromatic rings. The molecule has 0 saturated carbocycles. The van der Waals surface area contributed by atoms with E-state index in [9.17, 15) is 9.59 Å². The van der Waals surface area contributed by atoms with E-state index in [4.69, 9.17) is 9.26 Å². The minimum atomic E-state index is -0.485. The number of amides is 2. The molecule has 1 aliphatic heterocycles. The van der Waals surface area contributed by atoms with E-state index in [0.29, 0.717) is 24.8 Å². The summed E-state index contributed by atoms with van der Waals surface area (Å²) >= 11 is 0. The monoisotopic (exact) mass is 465 g/mol. The zero-order valence-electron chi connectivity index (χ0n) is 20.6. The van der Waals surface area contributed by atoms with Gasteiger partial charge in [-0.05, 0) is 95.4 Å². The van der Waals surface area contributed by atoms with Crippen LogP contribution in [0.3, 0.4) is 0 Å². The maximum atomic E-state index is 12.7. The van der Waals surface area contributed by atoms with E-state index in [-0.39, 0.29) is 17.7 Å². The van der Waals surface area contributed by atoms with Crippen molar-refractivity contribution in [1.29, 1.82) is 0 Å². The van der Waals surface area contributed by atoms with Crippen LogP contribution in [0.15, 0.2) is 34.9 Å². The number of carbonyl (C=O) groups is 2. The highest BCUT2D eigenvalue weighted by Gasteiger charge is 2.28. The average Bonchev–Trinajstić information content (AvgIpc) is 3.25.